The number of piperidine rings is 1. The van der Waals surface area contributed by atoms with E-state index in [0.29, 0.717) is 10.6 Å². The zero-order chi connectivity index (χ0) is 19.4. The van der Waals surface area contributed by atoms with Crippen molar-refractivity contribution in [2.24, 2.45) is 0 Å². The Kier molecular flexibility index (Phi) is 6.26. The predicted molar refractivity (Wildman–Crippen MR) is 107 cm³/mol. The van der Waals surface area contributed by atoms with Gasteiger partial charge in [-0.2, -0.15) is 0 Å². The normalized spacial score (nSPS) is 17.0. The summed E-state index contributed by atoms with van der Waals surface area (Å²) in [5, 5.41) is 0.790. The number of aromatic nitrogens is 1. The Morgan fingerprint density at radius 1 is 1.26 bits per heavy atom. The third kappa shape index (κ3) is 4.56. The van der Waals surface area contributed by atoms with Crippen LogP contribution in [0.2, 0.25) is 0 Å². The summed E-state index contributed by atoms with van der Waals surface area (Å²) in [6.45, 7) is 6.49. The SMILES string of the molecule is CCc1ccc(-c2nc(C)c(C(=O)OCC(=O)N3CCCC[C@@H]3C)s2)cc1. The first-order chi connectivity index (χ1) is 13.0. The summed E-state index contributed by atoms with van der Waals surface area (Å²) in [7, 11) is 0. The van der Waals surface area contributed by atoms with E-state index < -0.39 is 5.97 Å². The van der Waals surface area contributed by atoms with Gasteiger partial charge in [0, 0.05) is 18.2 Å². The molecule has 0 saturated carbocycles. The molecule has 1 aliphatic heterocycles. The number of rotatable bonds is 5. The molecule has 27 heavy (non-hydrogen) atoms. The third-order valence-electron chi connectivity index (χ3n) is 5.04. The van der Waals surface area contributed by atoms with Crippen molar-refractivity contribution in [3.05, 3.63) is 40.4 Å². The monoisotopic (exact) mass is 386 g/mol. The summed E-state index contributed by atoms with van der Waals surface area (Å²) in [4.78, 5) is 31.6. The van der Waals surface area contributed by atoms with E-state index >= 15 is 0 Å². The Morgan fingerprint density at radius 2 is 2.00 bits per heavy atom. The Morgan fingerprint density at radius 3 is 2.67 bits per heavy atom. The third-order valence-corrected chi connectivity index (χ3v) is 6.23. The average molecular weight is 387 g/mol. The molecule has 6 heteroatoms. The zero-order valence-corrected chi connectivity index (χ0v) is 17.0. The number of hydrogen-bond donors (Lipinski definition) is 0. The fraction of sp³-hybridized carbons (Fsp3) is 0.476. The highest BCUT2D eigenvalue weighted by Crippen LogP contribution is 2.29. The molecule has 0 unspecified atom stereocenters. The van der Waals surface area contributed by atoms with Gasteiger partial charge in [-0.1, -0.05) is 31.2 Å². The zero-order valence-electron chi connectivity index (χ0n) is 16.2. The number of amides is 1. The van der Waals surface area contributed by atoms with Crippen molar-refractivity contribution in [3.63, 3.8) is 0 Å². The van der Waals surface area contributed by atoms with Gasteiger partial charge in [0.05, 0.1) is 5.69 Å². The van der Waals surface area contributed by atoms with Crippen molar-refractivity contribution in [3.8, 4) is 10.6 Å². The second-order valence-corrected chi connectivity index (χ2v) is 7.99. The van der Waals surface area contributed by atoms with Gasteiger partial charge in [-0.15, -0.1) is 11.3 Å². The molecule has 5 nitrogen and oxygen atoms in total. The van der Waals surface area contributed by atoms with Gasteiger partial charge in [0.15, 0.2) is 6.61 Å². The predicted octanol–water partition coefficient (Wildman–Crippen LogP) is 4.24. The average Bonchev–Trinajstić information content (AvgIpc) is 3.08. The molecular formula is C21H26N2O3S. The lowest BCUT2D eigenvalue weighted by molar-refractivity contribution is -0.137. The molecule has 0 N–H and O–H groups in total. The number of hydrogen-bond acceptors (Lipinski definition) is 5. The summed E-state index contributed by atoms with van der Waals surface area (Å²) in [5.74, 6) is -0.590. The molecule has 0 spiro atoms. The van der Waals surface area contributed by atoms with Crippen LogP contribution in [0.4, 0.5) is 0 Å². The topological polar surface area (TPSA) is 59.5 Å². The molecule has 0 radical (unpaired) electrons. The van der Waals surface area contributed by atoms with Crippen LogP contribution in [-0.4, -0.2) is 41.0 Å². The second-order valence-electron chi connectivity index (χ2n) is 6.99. The quantitative estimate of drug-likeness (QED) is 0.721. The molecule has 2 aromatic rings. The van der Waals surface area contributed by atoms with E-state index in [1.54, 1.807) is 6.92 Å². The van der Waals surface area contributed by atoms with Gasteiger partial charge in [0.1, 0.15) is 9.88 Å². The maximum Gasteiger partial charge on any atom is 0.350 e. The second kappa shape index (κ2) is 8.65. The van der Waals surface area contributed by atoms with Crippen LogP contribution in [0.3, 0.4) is 0 Å². The molecule has 1 aromatic carbocycles. The molecule has 1 saturated heterocycles. The fourth-order valence-electron chi connectivity index (χ4n) is 3.34. The summed E-state index contributed by atoms with van der Waals surface area (Å²) in [6.07, 6.45) is 4.15. The number of carbonyl (C=O) groups excluding carboxylic acids is 2. The lowest BCUT2D eigenvalue weighted by atomic mass is 10.0. The molecule has 1 aliphatic rings. The highest BCUT2D eigenvalue weighted by molar-refractivity contribution is 7.17. The van der Waals surface area contributed by atoms with E-state index in [2.05, 4.69) is 24.0 Å². The molecule has 2 heterocycles. The van der Waals surface area contributed by atoms with Crippen LogP contribution in [0, 0.1) is 6.92 Å². The molecule has 0 bridgehead atoms. The van der Waals surface area contributed by atoms with Gasteiger partial charge in [-0.3, -0.25) is 4.79 Å². The molecule has 1 atom stereocenters. The maximum absolute atomic E-state index is 12.5. The number of esters is 1. The van der Waals surface area contributed by atoms with Gasteiger partial charge in [-0.05, 0) is 45.1 Å². The number of carbonyl (C=O) groups is 2. The van der Waals surface area contributed by atoms with Crippen molar-refractivity contribution in [2.75, 3.05) is 13.2 Å². The minimum atomic E-state index is -0.473. The minimum absolute atomic E-state index is 0.118. The summed E-state index contributed by atoms with van der Waals surface area (Å²) in [5.41, 5.74) is 2.88. The number of likely N-dealkylation sites (tertiary alicyclic amines) is 1. The first kappa shape index (κ1) is 19.5. The standard InChI is InChI=1S/C21H26N2O3S/c1-4-16-8-10-17(11-9-16)20-22-15(3)19(27-20)21(25)26-13-18(24)23-12-6-5-7-14(23)2/h8-11,14H,4-7,12-13H2,1-3H3/t14-/m0/s1. The maximum atomic E-state index is 12.5. The lowest BCUT2D eigenvalue weighted by Gasteiger charge is -2.33. The van der Waals surface area contributed by atoms with Crippen molar-refractivity contribution in [1.82, 2.24) is 9.88 Å². The molecule has 1 fully saturated rings. The van der Waals surface area contributed by atoms with Gasteiger partial charge in [-0.25, -0.2) is 9.78 Å². The Balaban J connectivity index is 1.64. The fourth-order valence-corrected chi connectivity index (χ4v) is 4.30. The highest BCUT2D eigenvalue weighted by Gasteiger charge is 2.25. The van der Waals surface area contributed by atoms with Gasteiger partial charge >= 0.3 is 5.97 Å². The Hall–Kier alpha value is -2.21. The smallest absolute Gasteiger partial charge is 0.350 e. The first-order valence-corrected chi connectivity index (χ1v) is 10.3. The van der Waals surface area contributed by atoms with E-state index in [9.17, 15) is 9.59 Å². The van der Waals surface area contributed by atoms with Crippen LogP contribution in [0.5, 0.6) is 0 Å². The van der Waals surface area contributed by atoms with Crippen LogP contribution in [0.15, 0.2) is 24.3 Å². The first-order valence-electron chi connectivity index (χ1n) is 9.53. The summed E-state index contributed by atoms with van der Waals surface area (Å²) >= 11 is 1.31. The molecule has 1 amide bonds. The van der Waals surface area contributed by atoms with Crippen molar-refractivity contribution in [2.45, 2.75) is 52.5 Å². The van der Waals surface area contributed by atoms with Gasteiger partial charge < -0.3 is 9.64 Å². The van der Waals surface area contributed by atoms with Crippen LogP contribution in [0.25, 0.3) is 10.6 Å². The number of aryl methyl sites for hydroxylation is 2. The van der Waals surface area contributed by atoms with Crippen molar-refractivity contribution < 1.29 is 14.3 Å². The Labute approximate surface area is 164 Å². The summed E-state index contributed by atoms with van der Waals surface area (Å²) in [6, 6.07) is 8.40. The van der Waals surface area contributed by atoms with Gasteiger partial charge in [0.25, 0.3) is 5.91 Å². The van der Waals surface area contributed by atoms with Gasteiger partial charge in [0.2, 0.25) is 0 Å². The Bertz CT molecular complexity index is 813. The number of benzene rings is 1. The van der Waals surface area contributed by atoms with Crippen LogP contribution < -0.4 is 0 Å². The summed E-state index contributed by atoms with van der Waals surface area (Å²) < 4.78 is 5.30. The molecule has 1 aromatic heterocycles. The van der Waals surface area contributed by atoms with E-state index in [-0.39, 0.29) is 18.6 Å². The van der Waals surface area contributed by atoms with Crippen LogP contribution in [0.1, 0.15) is 54.0 Å². The highest BCUT2D eigenvalue weighted by atomic mass is 32.1. The molecule has 144 valence electrons. The van der Waals surface area contributed by atoms with E-state index in [4.69, 9.17) is 4.74 Å². The largest absolute Gasteiger partial charge is 0.451 e. The minimum Gasteiger partial charge on any atom is -0.451 e. The molecule has 0 aliphatic carbocycles. The molecular weight excluding hydrogens is 360 g/mol. The van der Waals surface area contributed by atoms with Crippen molar-refractivity contribution >= 4 is 23.2 Å². The van der Waals surface area contributed by atoms with E-state index in [1.807, 2.05) is 24.0 Å². The number of ether oxygens (including phenoxy) is 1. The van der Waals surface area contributed by atoms with Crippen LogP contribution in [-0.2, 0) is 16.0 Å². The molecule has 3 rings (SSSR count). The number of thiazole rings is 1. The number of nitrogens with zero attached hydrogens (tertiary/aromatic N) is 2. The van der Waals surface area contributed by atoms with Crippen molar-refractivity contribution in [1.29, 1.82) is 0 Å². The van der Waals surface area contributed by atoms with E-state index in [1.165, 1.54) is 16.9 Å². The van der Waals surface area contributed by atoms with E-state index in [0.717, 1.165) is 42.8 Å². The lowest BCUT2D eigenvalue weighted by Crippen LogP contribution is -2.44. The van der Waals surface area contributed by atoms with Crippen LogP contribution >= 0.6 is 11.3 Å².